The molecule has 2 fully saturated rings. The number of aliphatic hydroxyl groups excluding tert-OH is 7. The lowest BCUT2D eigenvalue weighted by atomic mass is 9.96. The van der Waals surface area contributed by atoms with Crippen molar-refractivity contribution < 1.29 is 59.5 Å². The minimum Gasteiger partial charge on any atom is -0.394 e. The van der Waals surface area contributed by atoms with Crippen LogP contribution in [-0.4, -0.2) is 122 Å². The van der Waals surface area contributed by atoms with E-state index < -0.39 is 80.5 Å². The molecule has 10 N–H and O–H groups in total. The lowest BCUT2D eigenvalue weighted by Crippen LogP contribution is -2.65. The van der Waals surface area contributed by atoms with Gasteiger partial charge in [-0.3, -0.25) is 9.59 Å². The van der Waals surface area contributed by atoms with Crippen molar-refractivity contribution in [2.75, 3.05) is 29.2 Å². The first-order valence-corrected chi connectivity index (χ1v) is 11.5. The largest absolute Gasteiger partial charge is 0.394 e. The van der Waals surface area contributed by atoms with Crippen LogP contribution in [-0.2, 0) is 23.8 Å². The summed E-state index contributed by atoms with van der Waals surface area (Å²) in [5.74, 6) is -0.752. The van der Waals surface area contributed by atoms with Gasteiger partial charge >= 0.3 is 0 Å². The highest BCUT2D eigenvalue weighted by Gasteiger charge is 2.50. The third-order valence-corrected chi connectivity index (χ3v) is 5.95. The Bertz CT molecular complexity index is 947. The predicted molar refractivity (Wildman–Crippen MR) is 125 cm³/mol. The number of benzene rings is 1. The second-order valence-corrected chi connectivity index (χ2v) is 8.82. The lowest BCUT2D eigenvalue weighted by molar-refractivity contribution is -0.340. The Morgan fingerprint density at radius 2 is 1.46 bits per heavy atom. The summed E-state index contributed by atoms with van der Waals surface area (Å²) >= 11 is 0. The Morgan fingerprint density at radius 1 is 0.811 bits per heavy atom. The van der Waals surface area contributed by atoms with E-state index in [2.05, 4.69) is 16.0 Å². The van der Waals surface area contributed by atoms with Gasteiger partial charge in [0, 0.05) is 19.5 Å². The number of carbonyl (C=O) groups excluding carboxylic acids is 2. The zero-order valence-corrected chi connectivity index (χ0v) is 20.1. The number of aliphatic hydroxyl groups is 7. The zero-order valence-electron chi connectivity index (χ0n) is 20.1. The summed E-state index contributed by atoms with van der Waals surface area (Å²) in [6.07, 6.45) is -15.6. The van der Waals surface area contributed by atoms with E-state index in [0.29, 0.717) is 5.69 Å². The maximum atomic E-state index is 11.6. The van der Waals surface area contributed by atoms with Crippen LogP contribution in [0.1, 0.15) is 13.8 Å². The summed E-state index contributed by atoms with van der Waals surface area (Å²) in [5.41, 5.74) is 0.840. The highest BCUT2D eigenvalue weighted by molar-refractivity contribution is 5.95. The van der Waals surface area contributed by atoms with E-state index in [1.54, 1.807) is 0 Å². The average Bonchev–Trinajstić information content (AvgIpc) is 2.84. The Kier molecular flexibility index (Phi) is 9.76. The number of nitrogens with one attached hydrogen (secondary N) is 3. The van der Waals surface area contributed by atoms with Crippen molar-refractivity contribution in [2.45, 2.75) is 75.2 Å². The molecule has 1 aromatic carbocycles. The lowest BCUT2D eigenvalue weighted by Gasteiger charge is -2.46. The van der Waals surface area contributed by atoms with E-state index in [-0.39, 0.29) is 17.3 Å². The molecule has 2 aliphatic rings. The maximum absolute atomic E-state index is 11.6. The van der Waals surface area contributed by atoms with Crippen molar-refractivity contribution in [1.82, 2.24) is 0 Å². The highest BCUT2D eigenvalue weighted by atomic mass is 16.7. The molecule has 15 nitrogen and oxygen atoms in total. The van der Waals surface area contributed by atoms with Crippen molar-refractivity contribution in [1.29, 1.82) is 0 Å². The standard InChI is InChI=1S/C22H33N3O12/c1-8(28)23-10-3-4-11(24-9(2)29)12(5-10)25-21-18(33)17(32)20(14(7-27)35-21)37-22-19(34)16(31)15(30)13(6-26)36-22/h3-5,13-22,25-27,30-34H,6-7H2,1-2H3,(H,23,28)(H,24,29)/t13-,14+,15-,16+,17+,18+,19-,20+,21-,22+/m0/s1. The highest BCUT2D eigenvalue weighted by Crippen LogP contribution is 2.32. The molecule has 1 aromatic rings. The second-order valence-electron chi connectivity index (χ2n) is 8.82. The minimum absolute atomic E-state index is 0.211. The zero-order chi connectivity index (χ0) is 27.4. The summed E-state index contributed by atoms with van der Waals surface area (Å²) in [4.78, 5) is 23.1. The van der Waals surface area contributed by atoms with Crippen LogP contribution in [0.15, 0.2) is 18.2 Å². The first-order valence-electron chi connectivity index (χ1n) is 11.5. The molecule has 3 rings (SSSR count). The van der Waals surface area contributed by atoms with Crippen molar-refractivity contribution >= 4 is 28.9 Å². The topological polar surface area (TPSA) is 240 Å². The normalized spacial score (nSPS) is 36.0. The first-order chi connectivity index (χ1) is 17.5. The van der Waals surface area contributed by atoms with E-state index in [4.69, 9.17) is 14.2 Å². The number of hydrogen-bond donors (Lipinski definition) is 10. The van der Waals surface area contributed by atoms with Gasteiger partial charge in [0.1, 0.15) is 48.8 Å². The summed E-state index contributed by atoms with van der Waals surface area (Å²) in [5, 5.41) is 78.9. The van der Waals surface area contributed by atoms with Crippen LogP contribution < -0.4 is 16.0 Å². The van der Waals surface area contributed by atoms with Gasteiger partial charge in [0.15, 0.2) is 12.5 Å². The molecule has 37 heavy (non-hydrogen) atoms. The summed E-state index contributed by atoms with van der Waals surface area (Å²) in [7, 11) is 0. The van der Waals surface area contributed by atoms with Crippen LogP contribution >= 0.6 is 0 Å². The fraction of sp³-hybridized carbons (Fsp3) is 0.636. The number of amides is 2. The molecule has 0 saturated carbocycles. The SMILES string of the molecule is CC(=O)Nc1ccc(NC(C)=O)c(N[C@H]2O[C@H](CO)[C@@H](O[C@H]3O[C@@H](CO)[C@H](O)[C@@H](O)[C@@H]3O)[C@H](O)[C@H]2O)c1. The quantitative estimate of drug-likeness (QED) is 0.158. The van der Waals surface area contributed by atoms with Gasteiger partial charge in [0.25, 0.3) is 0 Å². The third kappa shape index (κ3) is 6.71. The van der Waals surface area contributed by atoms with Crippen LogP contribution in [0, 0.1) is 0 Å². The molecule has 0 aliphatic carbocycles. The number of hydrogen-bond acceptors (Lipinski definition) is 13. The van der Waals surface area contributed by atoms with Crippen LogP contribution in [0.2, 0.25) is 0 Å². The van der Waals surface area contributed by atoms with Crippen LogP contribution in [0.3, 0.4) is 0 Å². The monoisotopic (exact) mass is 531 g/mol. The molecule has 0 bridgehead atoms. The number of carbonyl (C=O) groups is 2. The Labute approximate surface area is 211 Å². The predicted octanol–water partition coefficient (Wildman–Crippen LogP) is -3.36. The Hall–Kier alpha value is -2.44. The molecule has 15 heteroatoms. The van der Waals surface area contributed by atoms with Gasteiger partial charge in [-0.15, -0.1) is 0 Å². The van der Waals surface area contributed by atoms with E-state index in [9.17, 15) is 45.3 Å². The smallest absolute Gasteiger partial charge is 0.221 e. The van der Waals surface area contributed by atoms with Crippen LogP contribution in [0.25, 0.3) is 0 Å². The molecule has 2 amide bonds. The van der Waals surface area contributed by atoms with Crippen molar-refractivity contribution in [3.05, 3.63) is 18.2 Å². The molecule has 0 unspecified atom stereocenters. The van der Waals surface area contributed by atoms with Crippen LogP contribution in [0.5, 0.6) is 0 Å². The van der Waals surface area contributed by atoms with Crippen molar-refractivity contribution in [3.63, 3.8) is 0 Å². The molecule has 2 saturated heterocycles. The molecular weight excluding hydrogens is 498 g/mol. The van der Waals surface area contributed by atoms with Gasteiger partial charge in [-0.1, -0.05) is 0 Å². The Morgan fingerprint density at radius 3 is 2.05 bits per heavy atom. The van der Waals surface area contributed by atoms with Gasteiger partial charge in [-0.2, -0.15) is 0 Å². The summed E-state index contributed by atoms with van der Waals surface area (Å²) < 4.78 is 16.5. The second kappa shape index (κ2) is 12.4. The average molecular weight is 532 g/mol. The molecule has 0 radical (unpaired) electrons. The third-order valence-electron chi connectivity index (χ3n) is 5.95. The van der Waals surface area contributed by atoms with E-state index >= 15 is 0 Å². The fourth-order valence-electron chi connectivity index (χ4n) is 4.11. The molecule has 2 heterocycles. The maximum Gasteiger partial charge on any atom is 0.221 e. The van der Waals surface area contributed by atoms with Gasteiger partial charge in [-0.05, 0) is 18.2 Å². The van der Waals surface area contributed by atoms with Gasteiger partial charge < -0.3 is 65.9 Å². The van der Waals surface area contributed by atoms with Gasteiger partial charge in [0.05, 0.1) is 24.6 Å². The number of ether oxygens (including phenoxy) is 3. The molecular formula is C22H33N3O12. The van der Waals surface area contributed by atoms with E-state index in [0.717, 1.165) is 0 Å². The molecule has 208 valence electrons. The van der Waals surface area contributed by atoms with Gasteiger partial charge in [-0.25, -0.2) is 0 Å². The molecule has 0 aromatic heterocycles. The molecule has 0 spiro atoms. The summed E-state index contributed by atoms with van der Waals surface area (Å²) in [6.45, 7) is 1.17. The minimum atomic E-state index is -1.78. The van der Waals surface area contributed by atoms with E-state index in [1.807, 2.05) is 0 Å². The first kappa shape index (κ1) is 29.1. The van der Waals surface area contributed by atoms with Crippen molar-refractivity contribution in [3.8, 4) is 0 Å². The molecule has 2 aliphatic heterocycles. The van der Waals surface area contributed by atoms with Crippen LogP contribution in [0.4, 0.5) is 17.1 Å². The van der Waals surface area contributed by atoms with Crippen molar-refractivity contribution in [2.24, 2.45) is 0 Å². The van der Waals surface area contributed by atoms with E-state index in [1.165, 1.54) is 32.0 Å². The fourth-order valence-corrected chi connectivity index (χ4v) is 4.11. The summed E-state index contributed by atoms with van der Waals surface area (Å²) in [6, 6.07) is 4.49. The number of anilines is 3. The molecule has 10 atom stereocenters. The number of rotatable bonds is 8. The van der Waals surface area contributed by atoms with Gasteiger partial charge in [0.2, 0.25) is 11.8 Å². The Balaban J connectivity index is 1.80.